The molecule has 0 bridgehead atoms. The second-order valence-corrected chi connectivity index (χ2v) is 4.41. The lowest BCUT2D eigenvalue weighted by Crippen LogP contribution is -2.00. The minimum atomic E-state index is -0.521. The molecule has 0 amide bonds. The molecule has 0 aliphatic rings. The Balaban J connectivity index is 2.09. The van der Waals surface area contributed by atoms with E-state index in [2.05, 4.69) is 4.98 Å². The number of nitrogens with zero attached hydrogens (tertiary/aromatic N) is 1. The van der Waals surface area contributed by atoms with Crippen LogP contribution in [-0.4, -0.2) is 10.1 Å². The first-order chi connectivity index (χ1) is 7.77. The molecule has 0 unspecified atom stereocenters. The second-order valence-electron chi connectivity index (χ2n) is 3.43. The van der Waals surface area contributed by atoms with Crippen LogP contribution < -0.4 is 4.74 Å². The highest BCUT2D eigenvalue weighted by molar-refractivity contribution is 7.09. The number of benzene rings is 1. The van der Waals surface area contributed by atoms with Crippen molar-refractivity contribution in [2.75, 3.05) is 0 Å². The van der Waals surface area contributed by atoms with Gasteiger partial charge in [-0.25, -0.2) is 4.98 Å². The van der Waals surface area contributed by atoms with E-state index >= 15 is 0 Å². The number of thiazole rings is 1. The summed E-state index contributed by atoms with van der Waals surface area (Å²) in [7, 11) is 0. The summed E-state index contributed by atoms with van der Waals surface area (Å²) in [6, 6.07) is 7.50. The Kier molecular flexibility index (Phi) is 3.54. The van der Waals surface area contributed by atoms with E-state index in [1.54, 1.807) is 24.5 Å². The summed E-state index contributed by atoms with van der Waals surface area (Å²) >= 11 is 1.56. The predicted molar refractivity (Wildman–Crippen MR) is 63.5 cm³/mol. The van der Waals surface area contributed by atoms with Gasteiger partial charge in [0.15, 0.2) is 0 Å². The summed E-state index contributed by atoms with van der Waals surface area (Å²) in [5.74, 6) is 0.715. The minimum Gasteiger partial charge on any atom is -0.486 e. The van der Waals surface area contributed by atoms with Crippen molar-refractivity contribution in [1.82, 2.24) is 4.98 Å². The van der Waals surface area contributed by atoms with Crippen LogP contribution in [0.15, 0.2) is 35.8 Å². The van der Waals surface area contributed by atoms with Gasteiger partial charge in [0, 0.05) is 17.1 Å². The SMILES string of the molecule is C[C@H](O)c1ccccc1OCc1nccs1. The molecule has 1 aromatic carbocycles. The Labute approximate surface area is 98.4 Å². The molecule has 2 rings (SSSR count). The fraction of sp³-hybridized carbons (Fsp3) is 0.250. The van der Waals surface area contributed by atoms with E-state index in [0.29, 0.717) is 12.4 Å². The van der Waals surface area contributed by atoms with Crippen molar-refractivity contribution in [1.29, 1.82) is 0 Å². The first-order valence-corrected chi connectivity index (χ1v) is 5.93. The van der Waals surface area contributed by atoms with Crippen LogP contribution in [-0.2, 0) is 6.61 Å². The normalized spacial score (nSPS) is 12.4. The molecule has 0 saturated carbocycles. The van der Waals surface area contributed by atoms with Crippen molar-refractivity contribution < 1.29 is 9.84 Å². The number of aliphatic hydroxyl groups is 1. The van der Waals surface area contributed by atoms with Gasteiger partial charge in [-0.05, 0) is 13.0 Å². The highest BCUT2D eigenvalue weighted by Crippen LogP contribution is 2.25. The van der Waals surface area contributed by atoms with Crippen molar-refractivity contribution in [2.24, 2.45) is 0 Å². The summed E-state index contributed by atoms with van der Waals surface area (Å²) in [5, 5.41) is 12.4. The molecule has 1 N–H and O–H groups in total. The number of ether oxygens (including phenoxy) is 1. The summed E-state index contributed by atoms with van der Waals surface area (Å²) in [6.07, 6.45) is 1.23. The molecule has 16 heavy (non-hydrogen) atoms. The lowest BCUT2D eigenvalue weighted by molar-refractivity contribution is 0.190. The minimum absolute atomic E-state index is 0.446. The zero-order valence-corrected chi connectivity index (χ0v) is 9.78. The van der Waals surface area contributed by atoms with Crippen molar-refractivity contribution in [3.05, 3.63) is 46.4 Å². The molecule has 0 spiro atoms. The molecule has 1 aromatic heterocycles. The van der Waals surface area contributed by atoms with Crippen molar-refractivity contribution in [3.8, 4) is 5.75 Å². The van der Waals surface area contributed by atoms with Gasteiger partial charge in [0.05, 0.1) is 6.10 Å². The fourth-order valence-corrected chi connectivity index (χ4v) is 1.95. The Morgan fingerprint density at radius 3 is 2.94 bits per heavy atom. The number of hydrogen-bond donors (Lipinski definition) is 1. The molecular formula is C12H13NO2S. The highest BCUT2D eigenvalue weighted by atomic mass is 32.1. The predicted octanol–water partition coefficient (Wildman–Crippen LogP) is 2.78. The first kappa shape index (κ1) is 11.1. The summed E-state index contributed by atoms with van der Waals surface area (Å²) in [6.45, 7) is 2.17. The molecule has 2 aromatic rings. The average molecular weight is 235 g/mol. The molecule has 0 fully saturated rings. The largest absolute Gasteiger partial charge is 0.486 e. The van der Waals surface area contributed by atoms with Crippen LogP contribution in [0.4, 0.5) is 0 Å². The molecule has 3 nitrogen and oxygen atoms in total. The maximum atomic E-state index is 9.57. The van der Waals surface area contributed by atoms with Gasteiger partial charge in [-0.3, -0.25) is 0 Å². The number of aromatic nitrogens is 1. The average Bonchev–Trinajstić information content (AvgIpc) is 2.79. The lowest BCUT2D eigenvalue weighted by Gasteiger charge is -2.12. The zero-order chi connectivity index (χ0) is 11.4. The van der Waals surface area contributed by atoms with E-state index in [-0.39, 0.29) is 0 Å². The Bertz CT molecular complexity index is 440. The van der Waals surface area contributed by atoms with Crippen LogP contribution in [0.2, 0.25) is 0 Å². The Morgan fingerprint density at radius 2 is 2.25 bits per heavy atom. The Hall–Kier alpha value is -1.39. The molecule has 4 heteroatoms. The van der Waals surface area contributed by atoms with Gasteiger partial charge in [0.2, 0.25) is 0 Å². The molecule has 0 saturated heterocycles. The number of rotatable bonds is 4. The Morgan fingerprint density at radius 1 is 1.44 bits per heavy atom. The van der Waals surface area contributed by atoms with Crippen LogP contribution in [0, 0.1) is 0 Å². The van der Waals surface area contributed by atoms with Crippen LogP contribution in [0.3, 0.4) is 0 Å². The molecule has 84 valence electrons. The van der Waals surface area contributed by atoms with Crippen molar-refractivity contribution in [2.45, 2.75) is 19.6 Å². The first-order valence-electron chi connectivity index (χ1n) is 5.05. The third kappa shape index (κ3) is 2.59. The number of para-hydroxylation sites is 1. The standard InChI is InChI=1S/C12H13NO2S/c1-9(14)10-4-2-3-5-11(10)15-8-12-13-6-7-16-12/h2-7,9,14H,8H2,1H3/t9-/m0/s1. The van der Waals surface area contributed by atoms with E-state index in [4.69, 9.17) is 4.74 Å². The van der Waals surface area contributed by atoms with Crippen LogP contribution in [0.5, 0.6) is 5.75 Å². The maximum absolute atomic E-state index is 9.57. The monoisotopic (exact) mass is 235 g/mol. The van der Waals surface area contributed by atoms with E-state index in [1.807, 2.05) is 29.6 Å². The van der Waals surface area contributed by atoms with Gasteiger partial charge < -0.3 is 9.84 Å². The van der Waals surface area contributed by atoms with E-state index < -0.39 is 6.10 Å². The van der Waals surface area contributed by atoms with Crippen molar-refractivity contribution in [3.63, 3.8) is 0 Å². The molecule has 0 aliphatic heterocycles. The lowest BCUT2D eigenvalue weighted by atomic mass is 10.1. The van der Waals surface area contributed by atoms with Crippen LogP contribution >= 0.6 is 11.3 Å². The molecule has 0 aliphatic carbocycles. The van der Waals surface area contributed by atoms with Gasteiger partial charge in [0.1, 0.15) is 17.4 Å². The topological polar surface area (TPSA) is 42.4 Å². The van der Waals surface area contributed by atoms with Gasteiger partial charge in [-0.1, -0.05) is 18.2 Å². The van der Waals surface area contributed by atoms with Gasteiger partial charge in [-0.2, -0.15) is 0 Å². The van der Waals surface area contributed by atoms with Gasteiger partial charge >= 0.3 is 0 Å². The van der Waals surface area contributed by atoms with Crippen LogP contribution in [0.25, 0.3) is 0 Å². The van der Waals surface area contributed by atoms with Crippen molar-refractivity contribution >= 4 is 11.3 Å². The van der Waals surface area contributed by atoms with Gasteiger partial charge in [-0.15, -0.1) is 11.3 Å². The van der Waals surface area contributed by atoms with E-state index in [1.165, 1.54) is 0 Å². The smallest absolute Gasteiger partial charge is 0.140 e. The highest BCUT2D eigenvalue weighted by Gasteiger charge is 2.08. The molecule has 1 heterocycles. The van der Waals surface area contributed by atoms with Gasteiger partial charge in [0.25, 0.3) is 0 Å². The zero-order valence-electron chi connectivity index (χ0n) is 8.96. The number of hydrogen-bond acceptors (Lipinski definition) is 4. The van der Waals surface area contributed by atoms with E-state index in [9.17, 15) is 5.11 Å². The summed E-state index contributed by atoms with van der Waals surface area (Å²) in [5.41, 5.74) is 0.805. The third-order valence-electron chi connectivity index (χ3n) is 2.20. The van der Waals surface area contributed by atoms with E-state index in [0.717, 1.165) is 10.6 Å². The summed E-state index contributed by atoms with van der Waals surface area (Å²) in [4.78, 5) is 4.14. The number of aliphatic hydroxyl groups excluding tert-OH is 1. The molecule has 0 radical (unpaired) electrons. The molecular weight excluding hydrogens is 222 g/mol. The fourth-order valence-electron chi connectivity index (χ4n) is 1.42. The second kappa shape index (κ2) is 5.09. The quantitative estimate of drug-likeness (QED) is 0.886. The third-order valence-corrected chi connectivity index (χ3v) is 2.96. The summed E-state index contributed by atoms with van der Waals surface area (Å²) < 4.78 is 5.63. The van der Waals surface area contributed by atoms with Crippen LogP contribution in [0.1, 0.15) is 23.6 Å². The molecule has 1 atom stereocenters. The maximum Gasteiger partial charge on any atom is 0.140 e.